The van der Waals surface area contributed by atoms with Gasteiger partial charge in [0.05, 0.1) is 18.2 Å². The summed E-state index contributed by atoms with van der Waals surface area (Å²) in [6.07, 6.45) is 0.795. The predicted octanol–water partition coefficient (Wildman–Crippen LogP) is 0.258. The maximum atomic E-state index is 13.6. The number of rotatable bonds is 5. The smallest absolute Gasteiger partial charge is 0.255 e. The van der Waals surface area contributed by atoms with E-state index in [2.05, 4.69) is 39.8 Å². The SMILES string of the molecule is CC1(C)CCOc2c(C(=O)NC3CN4C(N)=N[C@@H](CNC(=O)c5cc(Cl)cc(Cl)c5)C5N=C(N)NC54C3(O)O)cccc21. The van der Waals surface area contributed by atoms with Crippen molar-refractivity contribution in [3.05, 3.63) is 63.1 Å². The molecule has 6 rings (SSSR count). The van der Waals surface area contributed by atoms with Crippen LogP contribution in [-0.2, 0) is 5.41 Å². The summed E-state index contributed by atoms with van der Waals surface area (Å²) >= 11 is 12.1. The number of guanidine groups is 2. The number of nitrogens with two attached hydrogens (primary N) is 2. The fourth-order valence-corrected chi connectivity index (χ4v) is 6.95. The molecule has 15 heteroatoms. The van der Waals surface area contributed by atoms with E-state index in [9.17, 15) is 19.8 Å². The maximum absolute atomic E-state index is 13.6. The van der Waals surface area contributed by atoms with Gasteiger partial charge in [0.25, 0.3) is 11.8 Å². The Balaban J connectivity index is 1.26. The summed E-state index contributed by atoms with van der Waals surface area (Å²) in [6, 6.07) is 6.65. The zero-order chi connectivity index (χ0) is 30.9. The average molecular weight is 632 g/mol. The molecule has 3 unspecified atom stereocenters. The van der Waals surface area contributed by atoms with Crippen LogP contribution in [0.5, 0.6) is 5.75 Å². The molecule has 1 saturated heterocycles. The van der Waals surface area contributed by atoms with Crippen molar-refractivity contribution in [2.24, 2.45) is 21.5 Å². The summed E-state index contributed by atoms with van der Waals surface area (Å²) in [4.78, 5) is 36.8. The highest BCUT2D eigenvalue weighted by Gasteiger charge is 2.73. The molecule has 4 atom stereocenters. The topological polar surface area (TPSA) is 200 Å². The second-order valence-electron chi connectivity index (χ2n) is 11.8. The first-order valence-corrected chi connectivity index (χ1v) is 14.5. The molecule has 43 heavy (non-hydrogen) atoms. The number of fused-ring (bicyclic) bond motifs is 1. The highest BCUT2D eigenvalue weighted by Crippen LogP contribution is 2.45. The minimum absolute atomic E-state index is 0.0508. The number of hydrogen-bond donors (Lipinski definition) is 7. The van der Waals surface area contributed by atoms with Gasteiger partial charge < -0.3 is 47.3 Å². The molecule has 9 N–H and O–H groups in total. The third kappa shape index (κ3) is 4.62. The molecule has 4 heterocycles. The van der Waals surface area contributed by atoms with Crippen molar-refractivity contribution in [2.75, 3.05) is 19.7 Å². The lowest BCUT2D eigenvalue weighted by Crippen LogP contribution is -2.78. The molecule has 0 saturated carbocycles. The first-order valence-electron chi connectivity index (χ1n) is 13.7. The van der Waals surface area contributed by atoms with Gasteiger partial charge in [-0.25, -0.2) is 9.98 Å². The third-order valence-corrected chi connectivity index (χ3v) is 9.10. The van der Waals surface area contributed by atoms with Gasteiger partial charge in [0.1, 0.15) is 17.8 Å². The van der Waals surface area contributed by atoms with E-state index in [1.807, 2.05) is 6.07 Å². The number of aliphatic imine (C=N–C) groups is 2. The Hall–Kier alpha value is -3.78. The fraction of sp³-hybridized carbons (Fsp3) is 0.429. The Morgan fingerprint density at radius 2 is 1.86 bits per heavy atom. The zero-order valence-electron chi connectivity index (χ0n) is 23.4. The Kier molecular flexibility index (Phi) is 6.92. The number of hydrogen-bond acceptors (Lipinski definition) is 11. The second-order valence-corrected chi connectivity index (χ2v) is 12.7. The van der Waals surface area contributed by atoms with Crippen LogP contribution in [0.3, 0.4) is 0 Å². The zero-order valence-corrected chi connectivity index (χ0v) is 24.9. The highest BCUT2D eigenvalue weighted by atomic mass is 35.5. The number of aliphatic hydroxyl groups is 2. The molecular formula is C28H32Cl2N8O5. The van der Waals surface area contributed by atoms with Crippen LogP contribution in [0.15, 0.2) is 46.4 Å². The van der Waals surface area contributed by atoms with E-state index in [0.29, 0.717) is 22.4 Å². The van der Waals surface area contributed by atoms with E-state index in [4.69, 9.17) is 39.4 Å². The third-order valence-electron chi connectivity index (χ3n) is 8.67. The van der Waals surface area contributed by atoms with Crippen molar-refractivity contribution < 1.29 is 24.5 Å². The van der Waals surface area contributed by atoms with Crippen molar-refractivity contribution in [3.63, 3.8) is 0 Å². The molecule has 1 fully saturated rings. The lowest BCUT2D eigenvalue weighted by atomic mass is 9.79. The van der Waals surface area contributed by atoms with Crippen molar-refractivity contribution in [3.8, 4) is 5.75 Å². The van der Waals surface area contributed by atoms with Crippen molar-refractivity contribution in [1.82, 2.24) is 20.9 Å². The van der Waals surface area contributed by atoms with Crippen LogP contribution < -0.4 is 32.2 Å². The van der Waals surface area contributed by atoms with Crippen LogP contribution in [0, 0.1) is 0 Å². The molecule has 0 aliphatic carbocycles. The Morgan fingerprint density at radius 1 is 1.14 bits per heavy atom. The van der Waals surface area contributed by atoms with Crippen LogP contribution >= 0.6 is 23.2 Å². The number of benzene rings is 2. The number of ether oxygens (including phenoxy) is 1. The van der Waals surface area contributed by atoms with Gasteiger partial charge in [-0.15, -0.1) is 0 Å². The van der Waals surface area contributed by atoms with Gasteiger partial charge >= 0.3 is 0 Å². The van der Waals surface area contributed by atoms with Crippen LogP contribution in [0.25, 0.3) is 0 Å². The summed E-state index contributed by atoms with van der Waals surface area (Å²) in [5, 5.41) is 32.5. The molecular weight excluding hydrogens is 599 g/mol. The minimum Gasteiger partial charge on any atom is -0.492 e. The number of carbonyl (C=O) groups excluding carboxylic acids is 2. The largest absolute Gasteiger partial charge is 0.492 e. The van der Waals surface area contributed by atoms with Gasteiger partial charge in [0, 0.05) is 34.3 Å². The molecule has 4 aliphatic rings. The minimum atomic E-state index is -2.64. The van der Waals surface area contributed by atoms with Crippen LogP contribution in [0.1, 0.15) is 46.5 Å². The van der Waals surface area contributed by atoms with Crippen LogP contribution in [0.2, 0.25) is 10.0 Å². The maximum Gasteiger partial charge on any atom is 0.255 e. The Morgan fingerprint density at radius 3 is 2.58 bits per heavy atom. The second kappa shape index (κ2) is 10.2. The summed E-state index contributed by atoms with van der Waals surface area (Å²) in [5.41, 5.74) is 11.8. The van der Waals surface area contributed by atoms with E-state index in [0.717, 1.165) is 12.0 Å². The normalized spacial score (nSPS) is 27.9. The predicted molar refractivity (Wildman–Crippen MR) is 160 cm³/mol. The number of carbonyl (C=O) groups is 2. The van der Waals surface area contributed by atoms with Gasteiger partial charge in [-0.2, -0.15) is 0 Å². The molecule has 2 aromatic rings. The van der Waals surface area contributed by atoms with E-state index in [1.165, 1.54) is 23.1 Å². The molecule has 0 bridgehead atoms. The number of nitrogens with zero attached hydrogens (tertiary/aromatic N) is 3. The molecule has 0 aromatic heterocycles. The van der Waals surface area contributed by atoms with E-state index < -0.39 is 41.4 Å². The number of para-hydroxylation sites is 1. The van der Waals surface area contributed by atoms with Gasteiger partial charge in [-0.3, -0.25) is 9.59 Å². The molecule has 1 spiro atoms. The standard InChI is InChI=1S/C28H32Cl2N8O5/c1-26(2)6-7-43-20-16(4-3-5-17(20)26)23(40)35-19-12-38-25(32)34-18(21-27(38,28(19,41)42)37-24(31)36-21)11-33-22(39)13-8-14(29)10-15(30)9-13/h3-5,8-10,18-19,21,41-42H,6-7,11-12H2,1-2H3,(H2,32,34)(H,33,39)(H,35,40)(H3,31,36,37)/t18-,19?,21?,27?/m0/s1. The fourth-order valence-electron chi connectivity index (χ4n) is 6.42. The summed E-state index contributed by atoms with van der Waals surface area (Å²) in [7, 11) is 0. The van der Waals surface area contributed by atoms with E-state index in [-0.39, 0.29) is 41.6 Å². The molecule has 2 aromatic carbocycles. The van der Waals surface area contributed by atoms with Gasteiger partial charge in [-0.05, 0) is 36.1 Å². The lowest BCUT2D eigenvalue weighted by Gasteiger charge is -2.49. The highest BCUT2D eigenvalue weighted by molar-refractivity contribution is 6.35. The Labute approximate surface area is 257 Å². The molecule has 13 nitrogen and oxygen atoms in total. The Bertz CT molecular complexity index is 1560. The first-order chi connectivity index (χ1) is 20.2. The van der Waals surface area contributed by atoms with E-state index >= 15 is 0 Å². The van der Waals surface area contributed by atoms with Crippen molar-refractivity contribution in [2.45, 2.75) is 55.3 Å². The first kappa shape index (κ1) is 29.3. The molecule has 228 valence electrons. The number of halogens is 2. The van der Waals surface area contributed by atoms with Crippen LogP contribution in [-0.4, -0.2) is 88.1 Å². The summed E-state index contributed by atoms with van der Waals surface area (Å²) in [5.74, 6) is -3.34. The van der Waals surface area contributed by atoms with E-state index in [1.54, 1.807) is 12.1 Å². The van der Waals surface area contributed by atoms with Crippen molar-refractivity contribution in [1.29, 1.82) is 0 Å². The lowest BCUT2D eigenvalue weighted by molar-refractivity contribution is -0.230. The van der Waals surface area contributed by atoms with Gasteiger partial charge in [0.15, 0.2) is 17.6 Å². The number of nitrogens with one attached hydrogen (secondary N) is 3. The average Bonchev–Trinajstić information content (AvgIpc) is 3.40. The van der Waals surface area contributed by atoms with Gasteiger partial charge in [0.2, 0.25) is 5.79 Å². The molecule has 2 amide bonds. The summed E-state index contributed by atoms with van der Waals surface area (Å²) in [6.45, 7) is 4.41. The number of amides is 2. The van der Waals surface area contributed by atoms with Crippen molar-refractivity contribution >= 4 is 46.9 Å². The van der Waals surface area contributed by atoms with Crippen LogP contribution in [0.4, 0.5) is 0 Å². The van der Waals surface area contributed by atoms with Gasteiger partial charge in [-0.1, -0.05) is 49.2 Å². The monoisotopic (exact) mass is 630 g/mol. The molecule has 0 radical (unpaired) electrons. The molecule has 4 aliphatic heterocycles. The quantitative estimate of drug-likeness (QED) is 0.226. The summed E-state index contributed by atoms with van der Waals surface area (Å²) < 4.78 is 5.90.